The molecule has 0 aromatic rings. The van der Waals surface area contributed by atoms with E-state index in [4.69, 9.17) is 21.1 Å². The van der Waals surface area contributed by atoms with Crippen LogP contribution < -0.4 is 0 Å². The van der Waals surface area contributed by atoms with Gasteiger partial charge in [0.1, 0.15) is 0 Å². The minimum Gasteiger partial charge on any atom is -0.468 e. The molecule has 0 aromatic carbocycles. The van der Waals surface area contributed by atoms with Gasteiger partial charge < -0.3 is 9.47 Å². The normalized spacial score (nSPS) is 29.1. The number of rotatable bonds is 3. The van der Waals surface area contributed by atoms with Crippen molar-refractivity contribution in [1.82, 2.24) is 0 Å². The smallest absolute Gasteiger partial charge is 0.323 e. The minimum atomic E-state index is -1.46. The summed E-state index contributed by atoms with van der Waals surface area (Å²) in [5.41, 5.74) is -2.28. The standard InChI is InChI=1S/C16H17ClO5/c1-4-10-8-16(13(19)21-2,14(20)22-3)9-15(10)6-5-11(18)7-12(15)17/h4-7,10H,1,8-9H2,2-3H3/t10-,15-/m1/s1. The van der Waals surface area contributed by atoms with Crippen LogP contribution in [0, 0.1) is 16.7 Å². The predicted octanol–water partition coefficient (Wildman–Crippen LogP) is 2.16. The minimum absolute atomic E-state index is 0.0785. The number of carbonyl (C=O) groups is 3. The Morgan fingerprint density at radius 1 is 1.36 bits per heavy atom. The van der Waals surface area contributed by atoms with Gasteiger partial charge in [-0.2, -0.15) is 0 Å². The van der Waals surface area contributed by atoms with Crippen molar-refractivity contribution in [2.45, 2.75) is 12.8 Å². The Hall–Kier alpha value is -1.88. The highest BCUT2D eigenvalue weighted by Crippen LogP contribution is 2.60. The molecule has 0 unspecified atom stereocenters. The van der Waals surface area contributed by atoms with Gasteiger partial charge in [0.05, 0.1) is 14.2 Å². The summed E-state index contributed by atoms with van der Waals surface area (Å²) >= 11 is 6.31. The Morgan fingerprint density at radius 3 is 2.41 bits per heavy atom. The molecule has 5 nitrogen and oxygen atoms in total. The molecule has 0 radical (unpaired) electrons. The van der Waals surface area contributed by atoms with E-state index in [-0.39, 0.29) is 24.5 Å². The van der Waals surface area contributed by atoms with Crippen LogP contribution in [0.1, 0.15) is 12.8 Å². The number of ether oxygens (including phenoxy) is 2. The van der Waals surface area contributed by atoms with Gasteiger partial charge in [-0.05, 0) is 24.8 Å². The first-order valence-electron chi connectivity index (χ1n) is 6.76. The second-order valence-corrected chi connectivity index (χ2v) is 5.96. The molecule has 2 aliphatic carbocycles. The van der Waals surface area contributed by atoms with E-state index >= 15 is 0 Å². The molecule has 0 saturated heterocycles. The number of ketones is 1. The molecule has 2 rings (SSSR count). The summed E-state index contributed by atoms with van der Waals surface area (Å²) in [7, 11) is 2.44. The van der Waals surface area contributed by atoms with Gasteiger partial charge in [-0.1, -0.05) is 23.8 Å². The SMILES string of the molecule is C=C[C@@H]1CC(C(=O)OC)(C(=O)OC)C[C@]12C=CC(=O)C=C2Cl. The van der Waals surface area contributed by atoms with Crippen molar-refractivity contribution in [2.75, 3.05) is 14.2 Å². The van der Waals surface area contributed by atoms with Crippen molar-refractivity contribution in [1.29, 1.82) is 0 Å². The van der Waals surface area contributed by atoms with Crippen LogP contribution in [0.4, 0.5) is 0 Å². The Labute approximate surface area is 133 Å². The highest BCUT2D eigenvalue weighted by atomic mass is 35.5. The molecule has 22 heavy (non-hydrogen) atoms. The Morgan fingerprint density at radius 2 is 1.95 bits per heavy atom. The fourth-order valence-corrected chi connectivity index (χ4v) is 3.78. The number of methoxy groups -OCH3 is 2. The van der Waals surface area contributed by atoms with Crippen LogP contribution in [0.3, 0.4) is 0 Å². The van der Waals surface area contributed by atoms with E-state index in [9.17, 15) is 14.4 Å². The maximum atomic E-state index is 12.3. The molecule has 0 aliphatic heterocycles. The third-order valence-corrected chi connectivity index (χ3v) is 4.98. The summed E-state index contributed by atoms with van der Waals surface area (Å²) in [4.78, 5) is 36.1. The third-order valence-electron chi connectivity index (χ3n) is 4.52. The lowest BCUT2D eigenvalue weighted by Gasteiger charge is -2.32. The number of halogens is 1. The lowest BCUT2D eigenvalue weighted by molar-refractivity contribution is -0.169. The number of hydrogen-bond donors (Lipinski definition) is 0. The molecule has 6 heteroatoms. The summed E-state index contributed by atoms with van der Waals surface area (Å²) in [6.45, 7) is 3.77. The summed E-state index contributed by atoms with van der Waals surface area (Å²) in [5.74, 6) is -1.86. The van der Waals surface area contributed by atoms with Crippen molar-refractivity contribution >= 4 is 29.3 Å². The van der Waals surface area contributed by atoms with Crippen molar-refractivity contribution in [3.05, 3.63) is 35.9 Å². The maximum absolute atomic E-state index is 12.3. The van der Waals surface area contributed by atoms with E-state index in [1.165, 1.54) is 26.4 Å². The van der Waals surface area contributed by atoms with Crippen LogP contribution in [0.2, 0.25) is 0 Å². The fraction of sp³-hybridized carbons (Fsp3) is 0.438. The molecule has 1 fully saturated rings. The lowest BCUT2D eigenvalue weighted by Crippen LogP contribution is -2.40. The van der Waals surface area contributed by atoms with Crippen LogP contribution >= 0.6 is 11.6 Å². The van der Waals surface area contributed by atoms with Crippen LogP contribution in [-0.4, -0.2) is 31.9 Å². The first-order valence-corrected chi connectivity index (χ1v) is 7.14. The largest absolute Gasteiger partial charge is 0.468 e. The van der Waals surface area contributed by atoms with Crippen molar-refractivity contribution in [3.63, 3.8) is 0 Å². The van der Waals surface area contributed by atoms with Gasteiger partial charge in [0, 0.05) is 16.5 Å². The van der Waals surface area contributed by atoms with Gasteiger partial charge in [0.15, 0.2) is 11.2 Å². The summed E-state index contributed by atoms with van der Waals surface area (Å²) in [5, 5.41) is 0.291. The molecule has 0 aromatic heterocycles. The maximum Gasteiger partial charge on any atom is 0.323 e. The molecule has 1 saturated carbocycles. The average molecular weight is 325 g/mol. The fourth-order valence-electron chi connectivity index (χ4n) is 3.40. The van der Waals surface area contributed by atoms with E-state index in [1.54, 1.807) is 12.2 Å². The molecular formula is C16H17ClO5. The first kappa shape index (κ1) is 16.5. The molecule has 2 aliphatic rings. The number of allylic oxidation sites excluding steroid dienone is 5. The van der Waals surface area contributed by atoms with Gasteiger partial charge in [-0.25, -0.2) is 0 Å². The van der Waals surface area contributed by atoms with Gasteiger partial charge >= 0.3 is 11.9 Å². The van der Waals surface area contributed by atoms with Gasteiger partial charge in [-0.3, -0.25) is 14.4 Å². The van der Waals surface area contributed by atoms with E-state index in [0.717, 1.165) is 0 Å². The zero-order chi connectivity index (χ0) is 16.5. The van der Waals surface area contributed by atoms with Crippen LogP contribution in [0.5, 0.6) is 0 Å². The second kappa shape index (κ2) is 5.72. The summed E-state index contributed by atoms with van der Waals surface area (Å²) in [6.07, 6.45) is 6.24. The van der Waals surface area contributed by atoms with Gasteiger partial charge in [0.25, 0.3) is 0 Å². The average Bonchev–Trinajstić information content (AvgIpc) is 2.86. The molecule has 0 amide bonds. The van der Waals surface area contributed by atoms with E-state index < -0.39 is 22.8 Å². The zero-order valence-corrected chi connectivity index (χ0v) is 13.2. The van der Waals surface area contributed by atoms with Gasteiger partial charge in [-0.15, -0.1) is 6.58 Å². The molecule has 118 valence electrons. The lowest BCUT2D eigenvalue weighted by atomic mass is 9.73. The first-order chi connectivity index (χ1) is 10.4. The van der Waals surface area contributed by atoms with Crippen molar-refractivity contribution in [3.8, 4) is 0 Å². The van der Waals surface area contributed by atoms with E-state index in [0.29, 0.717) is 5.03 Å². The predicted molar refractivity (Wildman–Crippen MR) is 79.9 cm³/mol. The Bertz CT molecular complexity index is 588. The summed E-state index contributed by atoms with van der Waals surface area (Å²) in [6, 6.07) is 0. The molecule has 1 spiro atoms. The topological polar surface area (TPSA) is 69.7 Å². The zero-order valence-electron chi connectivity index (χ0n) is 12.4. The molecule has 0 bridgehead atoms. The highest BCUT2D eigenvalue weighted by molar-refractivity contribution is 6.33. The number of hydrogen-bond acceptors (Lipinski definition) is 5. The van der Waals surface area contributed by atoms with Crippen molar-refractivity contribution in [2.24, 2.45) is 16.7 Å². The van der Waals surface area contributed by atoms with Gasteiger partial charge in [0.2, 0.25) is 0 Å². The highest BCUT2D eigenvalue weighted by Gasteiger charge is 2.63. The Balaban J connectivity index is 2.56. The Kier molecular flexibility index (Phi) is 4.29. The van der Waals surface area contributed by atoms with Crippen molar-refractivity contribution < 1.29 is 23.9 Å². The monoisotopic (exact) mass is 324 g/mol. The second-order valence-electron chi connectivity index (χ2n) is 5.56. The van der Waals surface area contributed by atoms with E-state index in [1.807, 2.05) is 0 Å². The molecule has 0 heterocycles. The third kappa shape index (κ3) is 2.20. The number of esters is 2. The quantitative estimate of drug-likeness (QED) is 0.452. The molecular weight excluding hydrogens is 308 g/mol. The van der Waals surface area contributed by atoms with Crippen LogP contribution in [0.15, 0.2) is 35.9 Å². The molecule has 2 atom stereocenters. The van der Waals surface area contributed by atoms with Crippen LogP contribution in [0.25, 0.3) is 0 Å². The van der Waals surface area contributed by atoms with E-state index in [2.05, 4.69) is 6.58 Å². The number of carbonyl (C=O) groups excluding carboxylic acids is 3. The summed E-state index contributed by atoms with van der Waals surface area (Å²) < 4.78 is 9.63. The molecule has 0 N–H and O–H groups in total. The van der Waals surface area contributed by atoms with Crippen LogP contribution in [-0.2, 0) is 23.9 Å².